The van der Waals surface area contributed by atoms with Gasteiger partial charge in [0.2, 0.25) is 5.91 Å². The number of non-ortho nitro benzene ring substituents is 1. The van der Waals surface area contributed by atoms with Crippen molar-refractivity contribution >= 4 is 29.2 Å². The Bertz CT molecular complexity index is 1010. The van der Waals surface area contributed by atoms with Gasteiger partial charge in [0.15, 0.2) is 0 Å². The third kappa shape index (κ3) is 4.85. The molecule has 32 heavy (non-hydrogen) atoms. The molecule has 1 unspecified atom stereocenters. The molecule has 0 radical (unpaired) electrons. The lowest BCUT2D eigenvalue weighted by Gasteiger charge is -2.22. The van der Waals surface area contributed by atoms with Crippen LogP contribution in [0.3, 0.4) is 0 Å². The number of hydrogen-bond donors (Lipinski definition) is 2. The number of nitro benzene ring substituents is 1. The molecule has 168 valence electrons. The van der Waals surface area contributed by atoms with Crippen molar-refractivity contribution in [2.45, 2.75) is 18.9 Å². The zero-order valence-electron chi connectivity index (χ0n) is 17.9. The number of nitrogens with zero attached hydrogens (tertiary/aromatic N) is 3. The van der Waals surface area contributed by atoms with Crippen LogP contribution >= 0.6 is 0 Å². The van der Waals surface area contributed by atoms with E-state index in [-0.39, 0.29) is 5.69 Å². The van der Waals surface area contributed by atoms with Gasteiger partial charge >= 0.3 is 6.03 Å². The quantitative estimate of drug-likeness (QED) is 0.266. The molecule has 1 aliphatic rings. The molecule has 0 spiro atoms. The van der Waals surface area contributed by atoms with E-state index in [0.29, 0.717) is 18.5 Å². The van der Waals surface area contributed by atoms with Crippen LogP contribution in [0.2, 0.25) is 0 Å². The fraction of sp³-hybridized carbons (Fsp3) is 0.318. The van der Waals surface area contributed by atoms with Crippen molar-refractivity contribution in [2.75, 3.05) is 31.6 Å². The first-order valence-electron chi connectivity index (χ1n) is 10.1. The number of imide groups is 1. The molecule has 2 N–H and O–H groups in total. The van der Waals surface area contributed by atoms with Gasteiger partial charge in [-0.25, -0.2) is 4.79 Å². The highest BCUT2D eigenvalue weighted by Gasteiger charge is 2.49. The van der Waals surface area contributed by atoms with Crippen molar-refractivity contribution in [1.29, 1.82) is 0 Å². The number of nitrogens with one attached hydrogen (secondary N) is 2. The molecular weight excluding hydrogens is 414 g/mol. The van der Waals surface area contributed by atoms with Crippen LogP contribution in [0.15, 0.2) is 54.6 Å². The highest BCUT2D eigenvalue weighted by Crippen LogP contribution is 2.29. The summed E-state index contributed by atoms with van der Waals surface area (Å²) in [4.78, 5) is 50.8. The second kappa shape index (κ2) is 9.46. The number of nitro groups is 1. The number of urea groups is 1. The summed E-state index contributed by atoms with van der Waals surface area (Å²) in [5.74, 6) is -1.03. The summed E-state index contributed by atoms with van der Waals surface area (Å²) < 4.78 is 0. The van der Waals surface area contributed by atoms with Crippen molar-refractivity contribution in [2.24, 2.45) is 0 Å². The first-order valence-corrected chi connectivity index (χ1v) is 10.1. The molecule has 1 fully saturated rings. The maximum Gasteiger partial charge on any atom is 0.325 e. The predicted molar refractivity (Wildman–Crippen MR) is 118 cm³/mol. The lowest BCUT2D eigenvalue weighted by molar-refractivity contribution is -0.384. The van der Waals surface area contributed by atoms with Crippen molar-refractivity contribution < 1.29 is 19.3 Å². The fourth-order valence-corrected chi connectivity index (χ4v) is 3.51. The van der Waals surface area contributed by atoms with Crippen LogP contribution in [0, 0.1) is 10.1 Å². The number of carbonyl (C=O) groups excluding carboxylic acids is 3. The molecule has 2 aromatic carbocycles. The van der Waals surface area contributed by atoms with Crippen LogP contribution in [0.4, 0.5) is 16.2 Å². The standard InChI is InChI=1S/C22H25N5O5/c1-22(16-9-11-18(12-10-16)27(31)32)20(29)26(21(30)24-22)15-19(28)23-13-6-14-25(2)17-7-4-3-5-8-17/h3-5,7-12H,6,13-15H2,1-2H3,(H,23,28)(H,24,30). The molecule has 0 aromatic heterocycles. The molecule has 1 atom stereocenters. The normalized spacial score (nSPS) is 17.8. The van der Waals surface area contributed by atoms with Gasteiger partial charge in [0.1, 0.15) is 12.1 Å². The van der Waals surface area contributed by atoms with E-state index in [0.717, 1.165) is 17.1 Å². The van der Waals surface area contributed by atoms with E-state index in [1.807, 2.05) is 37.4 Å². The van der Waals surface area contributed by atoms with Gasteiger partial charge < -0.3 is 15.5 Å². The number of hydrogen-bond acceptors (Lipinski definition) is 6. The summed E-state index contributed by atoms with van der Waals surface area (Å²) in [5.41, 5.74) is -0.0505. The van der Waals surface area contributed by atoms with Crippen molar-refractivity contribution in [1.82, 2.24) is 15.5 Å². The van der Waals surface area contributed by atoms with Crippen molar-refractivity contribution in [3.05, 3.63) is 70.3 Å². The predicted octanol–water partition coefficient (Wildman–Crippen LogP) is 2.00. The topological polar surface area (TPSA) is 125 Å². The zero-order chi connectivity index (χ0) is 23.3. The number of rotatable bonds is 9. The molecule has 0 saturated carbocycles. The van der Waals surface area contributed by atoms with Crippen molar-refractivity contribution in [3.63, 3.8) is 0 Å². The molecule has 0 aliphatic carbocycles. The minimum atomic E-state index is -1.40. The summed E-state index contributed by atoms with van der Waals surface area (Å²) >= 11 is 0. The molecule has 0 bridgehead atoms. The Balaban J connectivity index is 1.52. The van der Waals surface area contributed by atoms with Crippen LogP contribution in [-0.2, 0) is 15.1 Å². The van der Waals surface area contributed by atoms with E-state index in [4.69, 9.17) is 0 Å². The molecular formula is C22H25N5O5. The molecule has 2 aromatic rings. The summed E-state index contributed by atoms with van der Waals surface area (Å²) in [6, 6.07) is 14.5. The van der Waals surface area contributed by atoms with E-state index in [9.17, 15) is 24.5 Å². The minimum absolute atomic E-state index is 0.122. The molecule has 10 heteroatoms. The Labute approximate surface area is 185 Å². The average molecular weight is 439 g/mol. The second-order valence-corrected chi connectivity index (χ2v) is 7.71. The van der Waals surface area contributed by atoms with Gasteiger partial charge in [-0.05, 0) is 43.2 Å². The second-order valence-electron chi connectivity index (χ2n) is 7.71. The Morgan fingerprint density at radius 2 is 1.81 bits per heavy atom. The number of carbonyl (C=O) groups is 3. The Hall–Kier alpha value is -3.95. The Kier molecular flexibility index (Phi) is 6.72. The van der Waals surface area contributed by atoms with E-state index >= 15 is 0 Å². The van der Waals surface area contributed by atoms with Crippen LogP contribution in [0.1, 0.15) is 18.9 Å². The maximum absolute atomic E-state index is 12.9. The zero-order valence-corrected chi connectivity index (χ0v) is 17.9. The lowest BCUT2D eigenvalue weighted by atomic mass is 9.92. The smallest absolute Gasteiger partial charge is 0.325 e. The monoisotopic (exact) mass is 439 g/mol. The Morgan fingerprint density at radius 3 is 2.44 bits per heavy atom. The molecule has 4 amide bonds. The molecule has 1 heterocycles. The highest BCUT2D eigenvalue weighted by molar-refractivity contribution is 6.09. The van der Waals surface area contributed by atoms with E-state index < -0.39 is 34.9 Å². The SMILES string of the molecule is CN(CCCNC(=O)CN1C(=O)NC(C)(c2ccc([N+](=O)[O-])cc2)C1=O)c1ccccc1. The molecule has 10 nitrogen and oxygen atoms in total. The summed E-state index contributed by atoms with van der Waals surface area (Å²) in [6.45, 7) is 2.23. The summed E-state index contributed by atoms with van der Waals surface area (Å²) in [5, 5.41) is 16.1. The van der Waals surface area contributed by atoms with Gasteiger partial charge in [0, 0.05) is 38.0 Å². The number of para-hydroxylation sites is 1. The number of benzene rings is 2. The average Bonchev–Trinajstić information content (AvgIpc) is 3.01. The van der Waals surface area contributed by atoms with Gasteiger partial charge in [-0.1, -0.05) is 18.2 Å². The molecule has 3 rings (SSSR count). The maximum atomic E-state index is 12.9. The van der Waals surface area contributed by atoms with Gasteiger partial charge in [-0.2, -0.15) is 0 Å². The molecule has 1 saturated heterocycles. The Morgan fingerprint density at radius 1 is 1.16 bits per heavy atom. The lowest BCUT2D eigenvalue weighted by Crippen LogP contribution is -2.43. The largest absolute Gasteiger partial charge is 0.375 e. The third-order valence-electron chi connectivity index (χ3n) is 5.42. The first-order chi connectivity index (χ1) is 15.2. The van der Waals surface area contributed by atoms with Gasteiger partial charge in [0.05, 0.1) is 4.92 Å². The van der Waals surface area contributed by atoms with Crippen LogP contribution < -0.4 is 15.5 Å². The van der Waals surface area contributed by atoms with Gasteiger partial charge in [-0.15, -0.1) is 0 Å². The minimum Gasteiger partial charge on any atom is -0.375 e. The number of anilines is 1. The first kappa shape index (κ1) is 22.7. The van der Waals surface area contributed by atoms with Gasteiger partial charge in [-0.3, -0.25) is 24.6 Å². The fourth-order valence-electron chi connectivity index (χ4n) is 3.51. The van der Waals surface area contributed by atoms with E-state index in [2.05, 4.69) is 15.5 Å². The summed E-state index contributed by atoms with van der Waals surface area (Å²) in [7, 11) is 1.96. The van der Waals surface area contributed by atoms with Crippen molar-refractivity contribution in [3.8, 4) is 0 Å². The molecule has 1 aliphatic heterocycles. The van der Waals surface area contributed by atoms with Crippen LogP contribution in [0.5, 0.6) is 0 Å². The van der Waals surface area contributed by atoms with E-state index in [1.165, 1.54) is 31.2 Å². The van der Waals surface area contributed by atoms with Gasteiger partial charge in [0.25, 0.3) is 11.6 Å². The third-order valence-corrected chi connectivity index (χ3v) is 5.42. The summed E-state index contributed by atoms with van der Waals surface area (Å²) in [6.07, 6.45) is 0.692. The van der Waals surface area contributed by atoms with Crippen LogP contribution in [-0.4, -0.2) is 54.4 Å². The highest BCUT2D eigenvalue weighted by atomic mass is 16.6. The van der Waals surface area contributed by atoms with Crippen LogP contribution in [0.25, 0.3) is 0 Å². The van der Waals surface area contributed by atoms with E-state index in [1.54, 1.807) is 0 Å². The number of amides is 4.